The predicted octanol–water partition coefficient (Wildman–Crippen LogP) is 4.21. The Morgan fingerprint density at radius 2 is 1.62 bits per heavy atom. The van der Waals surface area contributed by atoms with Crippen LogP contribution in [0, 0.1) is 5.92 Å². The molecule has 1 aromatic carbocycles. The summed E-state index contributed by atoms with van der Waals surface area (Å²) in [5.74, 6) is 1.14. The summed E-state index contributed by atoms with van der Waals surface area (Å²) in [6, 6.07) is 10.3. The van der Waals surface area contributed by atoms with Crippen LogP contribution in [0.4, 0.5) is 0 Å². The average molecular weight is 343 g/mol. The number of hydrogen-bond acceptors (Lipinski definition) is 4. The highest BCUT2D eigenvalue weighted by Gasteiger charge is 2.18. The maximum Gasteiger partial charge on any atom is 0.230 e. The molecule has 0 bridgehead atoms. The molecule has 5 heteroatoms. The lowest BCUT2D eigenvalue weighted by atomic mass is 9.93. The van der Waals surface area contributed by atoms with Crippen LogP contribution in [-0.4, -0.2) is 21.6 Å². The summed E-state index contributed by atoms with van der Waals surface area (Å²) < 4.78 is 0. The van der Waals surface area contributed by atoms with Crippen molar-refractivity contribution in [1.29, 1.82) is 0 Å². The maximum atomic E-state index is 12.3. The first-order valence-corrected chi connectivity index (χ1v) is 9.25. The fraction of sp³-hybridized carbons (Fsp3) is 0.421. The molecule has 0 spiro atoms. The summed E-state index contributed by atoms with van der Waals surface area (Å²) in [6.07, 6.45) is 3.36. The molecule has 0 unspecified atom stereocenters. The zero-order chi connectivity index (χ0) is 17.5. The van der Waals surface area contributed by atoms with Crippen molar-refractivity contribution in [2.24, 2.45) is 5.92 Å². The molecule has 4 nitrogen and oxygen atoms in total. The van der Waals surface area contributed by atoms with E-state index in [-0.39, 0.29) is 11.9 Å². The second-order valence-electron chi connectivity index (χ2n) is 6.43. The van der Waals surface area contributed by atoms with Gasteiger partial charge in [-0.2, -0.15) is 0 Å². The van der Waals surface area contributed by atoms with E-state index in [1.807, 2.05) is 0 Å². The Labute approximate surface area is 148 Å². The Morgan fingerprint density at radius 1 is 1.04 bits per heavy atom. The van der Waals surface area contributed by atoms with Gasteiger partial charge in [0, 0.05) is 12.4 Å². The number of nitrogens with one attached hydrogen (secondary N) is 1. The van der Waals surface area contributed by atoms with E-state index in [9.17, 15) is 4.79 Å². The van der Waals surface area contributed by atoms with Crippen LogP contribution in [0.25, 0.3) is 0 Å². The minimum absolute atomic E-state index is 0.000843. The van der Waals surface area contributed by atoms with Gasteiger partial charge in [-0.25, -0.2) is 9.97 Å². The largest absolute Gasteiger partial charge is 0.348 e. The third kappa shape index (κ3) is 5.34. The van der Waals surface area contributed by atoms with Crippen molar-refractivity contribution in [3.63, 3.8) is 0 Å². The number of carbonyl (C=O) groups is 1. The highest BCUT2D eigenvalue weighted by Crippen LogP contribution is 2.24. The van der Waals surface area contributed by atoms with Gasteiger partial charge in [0.2, 0.25) is 5.91 Å². The molecule has 1 amide bonds. The first kappa shape index (κ1) is 18.5. The molecule has 2 aromatic rings. The van der Waals surface area contributed by atoms with Gasteiger partial charge in [0.05, 0.1) is 11.8 Å². The van der Waals surface area contributed by atoms with E-state index in [0.29, 0.717) is 22.7 Å². The molecule has 0 aliphatic heterocycles. The number of benzene rings is 1. The van der Waals surface area contributed by atoms with Crippen LogP contribution in [0.3, 0.4) is 0 Å². The topological polar surface area (TPSA) is 54.9 Å². The summed E-state index contributed by atoms with van der Waals surface area (Å²) in [6.45, 7) is 8.60. The fourth-order valence-electron chi connectivity index (χ4n) is 2.43. The molecule has 128 valence electrons. The van der Waals surface area contributed by atoms with Crippen molar-refractivity contribution in [2.45, 2.75) is 44.8 Å². The van der Waals surface area contributed by atoms with Gasteiger partial charge in [-0.15, -0.1) is 0 Å². The highest BCUT2D eigenvalue weighted by molar-refractivity contribution is 7.99. The molecule has 0 radical (unpaired) electrons. The monoisotopic (exact) mass is 343 g/mol. The van der Waals surface area contributed by atoms with Gasteiger partial charge in [0.15, 0.2) is 5.16 Å². The number of hydrogen-bond donors (Lipinski definition) is 1. The summed E-state index contributed by atoms with van der Waals surface area (Å²) in [4.78, 5) is 20.5. The van der Waals surface area contributed by atoms with Crippen LogP contribution in [0.5, 0.6) is 0 Å². The lowest BCUT2D eigenvalue weighted by molar-refractivity contribution is -0.119. The van der Waals surface area contributed by atoms with Gasteiger partial charge in [-0.3, -0.25) is 4.79 Å². The predicted molar refractivity (Wildman–Crippen MR) is 99.0 cm³/mol. The molecule has 1 N–H and O–H groups in total. The molecule has 2 rings (SSSR count). The molecule has 1 heterocycles. The van der Waals surface area contributed by atoms with Crippen LogP contribution in [-0.2, 0) is 4.79 Å². The minimum Gasteiger partial charge on any atom is -0.348 e. The van der Waals surface area contributed by atoms with Crippen LogP contribution < -0.4 is 5.32 Å². The molecule has 0 saturated heterocycles. The normalized spacial score (nSPS) is 12.4. The summed E-state index contributed by atoms with van der Waals surface area (Å²) in [7, 11) is 0. The molecule has 1 aromatic heterocycles. The van der Waals surface area contributed by atoms with Gasteiger partial charge >= 0.3 is 0 Å². The second-order valence-corrected chi connectivity index (χ2v) is 7.37. The molecule has 0 fully saturated rings. The van der Waals surface area contributed by atoms with Crippen molar-refractivity contribution in [3.05, 3.63) is 53.9 Å². The molecule has 0 aliphatic carbocycles. The number of amides is 1. The first-order chi connectivity index (χ1) is 11.5. The fourth-order valence-corrected chi connectivity index (χ4v) is 3.04. The number of rotatable bonds is 7. The Morgan fingerprint density at radius 3 is 2.17 bits per heavy atom. The van der Waals surface area contributed by atoms with E-state index in [1.54, 1.807) is 18.5 Å². The smallest absolute Gasteiger partial charge is 0.230 e. The summed E-state index contributed by atoms with van der Waals surface area (Å²) >= 11 is 1.35. The van der Waals surface area contributed by atoms with Crippen molar-refractivity contribution < 1.29 is 4.79 Å². The molecule has 1 atom stereocenters. The third-order valence-corrected chi connectivity index (χ3v) is 4.70. The van der Waals surface area contributed by atoms with E-state index in [4.69, 9.17) is 0 Å². The van der Waals surface area contributed by atoms with Crippen LogP contribution in [0.1, 0.15) is 50.8 Å². The minimum atomic E-state index is -0.000843. The van der Waals surface area contributed by atoms with Gasteiger partial charge in [0.25, 0.3) is 0 Å². The highest BCUT2D eigenvalue weighted by atomic mass is 32.2. The molecular weight excluding hydrogens is 318 g/mol. The van der Waals surface area contributed by atoms with E-state index in [2.05, 4.69) is 67.2 Å². The zero-order valence-corrected chi connectivity index (χ0v) is 15.5. The SMILES string of the molecule is CC(C)c1ccc([C@@H](NC(=O)CSc2ncccn2)C(C)C)cc1. The lowest BCUT2D eigenvalue weighted by Crippen LogP contribution is -2.33. The van der Waals surface area contributed by atoms with E-state index < -0.39 is 0 Å². The number of carbonyl (C=O) groups excluding carboxylic acids is 1. The lowest BCUT2D eigenvalue weighted by Gasteiger charge is -2.23. The Balaban J connectivity index is 1.98. The van der Waals surface area contributed by atoms with Gasteiger partial charge in [0.1, 0.15) is 0 Å². The Hall–Kier alpha value is -1.88. The van der Waals surface area contributed by atoms with Crippen molar-refractivity contribution in [2.75, 3.05) is 5.75 Å². The van der Waals surface area contributed by atoms with Gasteiger partial charge in [-0.05, 0) is 29.0 Å². The Bertz CT molecular complexity index is 641. The van der Waals surface area contributed by atoms with Crippen LogP contribution >= 0.6 is 11.8 Å². The zero-order valence-electron chi connectivity index (χ0n) is 14.7. The average Bonchev–Trinajstić information content (AvgIpc) is 2.58. The summed E-state index contributed by atoms with van der Waals surface area (Å²) in [5.41, 5.74) is 2.45. The van der Waals surface area contributed by atoms with E-state index in [0.717, 1.165) is 5.56 Å². The molecule has 0 saturated carbocycles. The molecule has 24 heavy (non-hydrogen) atoms. The third-order valence-electron chi connectivity index (χ3n) is 3.82. The second kappa shape index (κ2) is 8.83. The van der Waals surface area contributed by atoms with Gasteiger partial charge in [-0.1, -0.05) is 63.7 Å². The number of thioether (sulfide) groups is 1. The van der Waals surface area contributed by atoms with Crippen LogP contribution in [0.15, 0.2) is 47.9 Å². The number of aromatic nitrogens is 2. The Kier molecular flexibility index (Phi) is 6.79. The standard InChI is InChI=1S/C19H25N3OS/c1-13(2)15-6-8-16(9-7-15)18(14(3)4)22-17(23)12-24-19-20-10-5-11-21-19/h5-11,13-14,18H,12H2,1-4H3,(H,22,23)/t18-/m0/s1. The van der Waals surface area contributed by atoms with E-state index >= 15 is 0 Å². The first-order valence-electron chi connectivity index (χ1n) is 8.26. The van der Waals surface area contributed by atoms with E-state index in [1.165, 1.54) is 17.3 Å². The quantitative estimate of drug-likeness (QED) is 0.604. The van der Waals surface area contributed by atoms with Crippen LogP contribution in [0.2, 0.25) is 0 Å². The van der Waals surface area contributed by atoms with Gasteiger partial charge < -0.3 is 5.32 Å². The summed E-state index contributed by atoms with van der Waals surface area (Å²) in [5, 5.41) is 3.76. The van der Waals surface area contributed by atoms with Crippen molar-refractivity contribution >= 4 is 17.7 Å². The van der Waals surface area contributed by atoms with Crippen molar-refractivity contribution in [1.82, 2.24) is 15.3 Å². The van der Waals surface area contributed by atoms with Crippen molar-refractivity contribution in [3.8, 4) is 0 Å². The maximum absolute atomic E-state index is 12.3. The number of nitrogens with zero attached hydrogens (tertiary/aromatic N) is 2. The molecular formula is C19H25N3OS. The molecule has 0 aliphatic rings.